The number of rotatable bonds is 3. The third kappa shape index (κ3) is 3.17. The van der Waals surface area contributed by atoms with Gasteiger partial charge in [-0.3, -0.25) is 4.90 Å². The van der Waals surface area contributed by atoms with Crippen molar-refractivity contribution in [1.82, 2.24) is 10.2 Å². The van der Waals surface area contributed by atoms with Gasteiger partial charge in [0.2, 0.25) is 0 Å². The predicted molar refractivity (Wildman–Crippen MR) is 63.7 cm³/mol. The molecule has 7 heteroatoms. The van der Waals surface area contributed by atoms with Crippen LogP contribution in [0, 0.1) is 0 Å². The van der Waals surface area contributed by atoms with Gasteiger partial charge in [0.1, 0.15) is 0 Å². The van der Waals surface area contributed by atoms with E-state index in [0.717, 1.165) is 6.54 Å². The first-order chi connectivity index (χ1) is 8.02. The van der Waals surface area contributed by atoms with E-state index in [2.05, 4.69) is 5.32 Å². The number of likely N-dealkylation sites (N-methyl/N-ethyl adjacent to an activating group) is 1. The molecule has 0 amide bonds. The van der Waals surface area contributed by atoms with E-state index in [4.69, 9.17) is 4.74 Å². The topological polar surface area (TPSA) is 78.9 Å². The molecule has 0 bridgehead atoms. The van der Waals surface area contributed by atoms with Crippen molar-refractivity contribution < 1.29 is 18.3 Å². The molecule has 2 aliphatic rings. The molecule has 0 aliphatic carbocycles. The maximum Gasteiger partial charge on any atom is 0.154 e. The molecule has 3 atom stereocenters. The first kappa shape index (κ1) is 13.2. The molecular formula is C10H20N2O4S. The molecule has 2 aliphatic heterocycles. The van der Waals surface area contributed by atoms with E-state index >= 15 is 0 Å². The average molecular weight is 264 g/mol. The van der Waals surface area contributed by atoms with E-state index in [0.29, 0.717) is 19.7 Å². The summed E-state index contributed by atoms with van der Waals surface area (Å²) in [5, 5.41) is 12.9. The van der Waals surface area contributed by atoms with Gasteiger partial charge in [0.25, 0.3) is 0 Å². The zero-order chi connectivity index (χ0) is 12.5. The Morgan fingerprint density at radius 3 is 2.82 bits per heavy atom. The van der Waals surface area contributed by atoms with Crippen molar-refractivity contribution in [3.63, 3.8) is 0 Å². The lowest BCUT2D eigenvalue weighted by molar-refractivity contribution is -0.0531. The summed E-state index contributed by atoms with van der Waals surface area (Å²) in [6.07, 6.45) is -0.683. The molecule has 0 radical (unpaired) electrons. The summed E-state index contributed by atoms with van der Waals surface area (Å²) >= 11 is 0. The first-order valence-electron chi connectivity index (χ1n) is 5.90. The smallest absolute Gasteiger partial charge is 0.154 e. The second kappa shape index (κ2) is 5.19. The van der Waals surface area contributed by atoms with Gasteiger partial charge < -0.3 is 15.2 Å². The average Bonchev–Trinajstić information content (AvgIpc) is 2.53. The predicted octanol–water partition coefficient (Wildman–Crippen LogP) is -1.94. The summed E-state index contributed by atoms with van der Waals surface area (Å²) in [6, 6.07) is -0.261. The molecule has 6 nitrogen and oxygen atoms in total. The lowest BCUT2D eigenvalue weighted by atomic mass is 10.1. The van der Waals surface area contributed by atoms with Crippen LogP contribution in [0.25, 0.3) is 0 Å². The zero-order valence-corrected chi connectivity index (χ0v) is 10.8. The summed E-state index contributed by atoms with van der Waals surface area (Å²) in [5.74, 6) is -0.0356. The van der Waals surface area contributed by atoms with E-state index < -0.39 is 15.9 Å². The van der Waals surface area contributed by atoms with Crippen molar-refractivity contribution in [3.8, 4) is 0 Å². The van der Waals surface area contributed by atoms with Gasteiger partial charge >= 0.3 is 0 Å². The van der Waals surface area contributed by atoms with Crippen LogP contribution in [-0.4, -0.2) is 81.5 Å². The Bertz CT molecular complexity index is 357. The molecule has 2 rings (SSSR count). The van der Waals surface area contributed by atoms with Crippen LogP contribution in [0.15, 0.2) is 0 Å². The van der Waals surface area contributed by atoms with Gasteiger partial charge in [-0.1, -0.05) is 0 Å². The Hall–Kier alpha value is -0.210. The monoisotopic (exact) mass is 264 g/mol. The maximum atomic E-state index is 11.5. The van der Waals surface area contributed by atoms with E-state index in [9.17, 15) is 13.5 Å². The lowest BCUT2D eigenvalue weighted by Gasteiger charge is -2.37. The molecule has 2 fully saturated rings. The third-order valence-electron chi connectivity index (χ3n) is 3.36. The second-order valence-corrected chi connectivity index (χ2v) is 6.91. The Balaban J connectivity index is 1.98. The molecule has 0 aromatic rings. The molecule has 100 valence electrons. The van der Waals surface area contributed by atoms with Crippen LogP contribution >= 0.6 is 0 Å². The Morgan fingerprint density at radius 1 is 1.47 bits per heavy atom. The summed E-state index contributed by atoms with van der Waals surface area (Å²) in [7, 11) is -1.21. The number of hydrogen-bond acceptors (Lipinski definition) is 6. The van der Waals surface area contributed by atoms with Crippen molar-refractivity contribution in [2.75, 3.05) is 44.8 Å². The van der Waals surface area contributed by atoms with Crippen molar-refractivity contribution in [3.05, 3.63) is 0 Å². The Labute approximate surface area is 102 Å². The van der Waals surface area contributed by atoms with Gasteiger partial charge in [0, 0.05) is 19.6 Å². The van der Waals surface area contributed by atoms with E-state index in [1.54, 1.807) is 0 Å². The zero-order valence-electron chi connectivity index (χ0n) is 10.0. The van der Waals surface area contributed by atoms with Crippen molar-refractivity contribution in [1.29, 1.82) is 0 Å². The van der Waals surface area contributed by atoms with Gasteiger partial charge in [0.05, 0.1) is 36.4 Å². The third-order valence-corrected chi connectivity index (χ3v) is 5.06. The molecule has 17 heavy (non-hydrogen) atoms. The summed E-state index contributed by atoms with van der Waals surface area (Å²) in [6.45, 7) is 2.71. The maximum absolute atomic E-state index is 11.5. The summed E-state index contributed by atoms with van der Waals surface area (Å²) in [5.41, 5.74) is 0. The molecule has 0 spiro atoms. The van der Waals surface area contributed by atoms with Gasteiger partial charge in [-0.15, -0.1) is 0 Å². The standard InChI is InChI=1S/C10H20N2O4S/c1-11-4-8-5-12(2-3-16-8)9-6-17(14,15)7-10(9)13/h8-11,13H,2-7H2,1H3. The van der Waals surface area contributed by atoms with Gasteiger partial charge in [-0.2, -0.15) is 0 Å². The van der Waals surface area contributed by atoms with E-state index in [-0.39, 0.29) is 23.7 Å². The number of aliphatic hydroxyl groups is 1. The molecule has 3 unspecified atom stereocenters. The number of nitrogens with one attached hydrogen (secondary N) is 1. The fourth-order valence-electron chi connectivity index (χ4n) is 2.55. The highest BCUT2D eigenvalue weighted by Gasteiger charge is 2.41. The van der Waals surface area contributed by atoms with E-state index in [1.807, 2.05) is 11.9 Å². The highest BCUT2D eigenvalue weighted by Crippen LogP contribution is 2.20. The summed E-state index contributed by atoms with van der Waals surface area (Å²) < 4.78 is 28.5. The van der Waals surface area contributed by atoms with Crippen molar-refractivity contribution in [2.45, 2.75) is 18.2 Å². The van der Waals surface area contributed by atoms with Crippen LogP contribution in [0.5, 0.6) is 0 Å². The molecule has 0 aromatic carbocycles. The number of nitrogens with zero attached hydrogens (tertiary/aromatic N) is 1. The van der Waals surface area contributed by atoms with Gasteiger partial charge in [-0.25, -0.2) is 8.42 Å². The number of aliphatic hydroxyl groups excluding tert-OH is 1. The largest absolute Gasteiger partial charge is 0.390 e. The second-order valence-electron chi connectivity index (χ2n) is 4.76. The molecular weight excluding hydrogens is 244 g/mol. The minimum absolute atomic E-state index is 0.0699. The van der Waals surface area contributed by atoms with Gasteiger partial charge in [-0.05, 0) is 7.05 Å². The molecule has 0 saturated carbocycles. The van der Waals surface area contributed by atoms with Crippen LogP contribution in [0.3, 0.4) is 0 Å². The highest BCUT2D eigenvalue weighted by molar-refractivity contribution is 7.91. The quantitative estimate of drug-likeness (QED) is 0.618. The van der Waals surface area contributed by atoms with Crippen LogP contribution in [0.2, 0.25) is 0 Å². The number of morpholine rings is 1. The Morgan fingerprint density at radius 2 is 2.24 bits per heavy atom. The SMILES string of the molecule is CNCC1CN(C2CS(=O)(=O)CC2O)CCO1. The van der Waals surface area contributed by atoms with Crippen molar-refractivity contribution >= 4 is 9.84 Å². The minimum Gasteiger partial charge on any atom is -0.390 e. The number of ether oxygens (including phenoxy) is 1. The molecule has 0 aromatic heterocycles. The molecule has 2 saturated heterocycles. The highest BCUT2D eigenvalue weighted by atomic mass is 32.2. The first-order valence-corrected chi connectivity index (χ1v) is 7.73. The van der Waals surface area contributed by atoms with Gasteiger partial charge in [0.15, 0.2) is 9.84 Å². The Kier molecular flexibility index (Phi) is 4.04. The van der Waals surface area contributed by atoms with Crippen LogP contribution in [0.4, 0.5) is 0 Å². The number of hydrogen-bond donors (Lipinski definition) is 2. The summed E-state index contributed by atoms with van der Waals surface area (Å²) in [4.78, 5) is 2.04. The normalized spacial score (nSPS) is 38.4. The van der Waals surface area contributed by atoms with E-state index in [1.165, 1.54) is 0 Å². The van der Waals surface area contributed by atoms with Crippen LogP contribution in [-0.2, 0) is 14.6 Å². The lowest BCUT2D eigenvalue weighted by Crippen LogP contribution is -2.53. The molecule has 2 N–H and O–H groups in total. The minimum atomic E-state index is -3.07. The van der Waals surface area contributed by atoms with Crippen LogP contribution in [0.1, 0.15) is 0 Å². The van der Waals surface area contributed by atoms with Crippen molar-refractivity contribution in [2.24, 2.45) is 0 Å². The molecule has 2 heterocycles. The fraction of sp³-hybridized carbons (Fsp3) is 1.00. The number of sulfone groups is 1. The fourth-order valence-corrected chi connectivity index (χ4v) is 4.39. The van der Waals surface area contributed by atoms with Crippen LogP contribution < -0.4 is 5.32 Å².